The topological polar surface area (TPSA) is 77.3 Å². The molecule has 6 nitrogen and oxygen atoms in total. The van der Waals surface area contributed by atoms with E-state index >= 15 is 0 Å². The van der Waals surface area contributed by atoms with Gasteiger partial charge in [-0.15, -0.1) is 0 Å². The second kappa shape index (κ2) is 9.61. The molecule has 0 atom stereocenters. The molecule has 1 heterocycles. The summed E-state index contributed by atoms with van der Waals surface area (Å²) in [5, 5.41) is 27.8. The number of aromatic hydroxyl groups is 2. The van der Waals surface area contributed by atoms with E-state index in [4.69, 9.17) is 12.2 Å². The Hall–Kier alpha value is -3.06. The Balaban J connectivity index is 2.13. The third-order valence-corrected chi connectivity index (χ3v) is 6.36. The number of nitrogens with zero attached hydrogens (tertiary/aromatic N) is 3. The van der Waals surface area contributed by atoms with Gasteiger partial charge in [0, 0.05) is 24.0 Å². The number of anilines is 1. The number of aromatic nitrogens is 3. The number of nitrogens with one attached hydrogen (secondary N) is 1. The van der Waals surface area contributed by atoms with E-state index in [9.17, 15) is 10.2 Å². The minimum atomic E-state index is -0.0451. The van der Waals surface area contributed by atoms with Crippen LogP contribution in [0.25, 0.3) is 17.1 Å². The van der Waals surface area contributed by atoms with E-state index in [1.807, 2.05) is 17.6 Å². The van der Waals surface area contributed by atoms with E-state index in [0.717, 1.165) is 35.5 Å². The zero-order valence-corrected chi connectivity index (χ0v) is 20.5. The number of aromatic amines is 1. The van der Waals surface area contributed by atoms with Crippen LogP contribution < -0.4 is 4.90 Å². The largest absolute Gasteiger partial charge is 0.508 e. The molecule has 3 aromatic rings. The summed E-state index contributed by atoms with van der Waals surface area (Å²) in [7, 11) is 0. The summed E-state index contributed by atoms with van der Waals surface area (Å²) in [6, 6.07) is 9.32. The Bertz CT molecular complexity index is 1220. The van der Waals surface area contributed by atoms with Gasteiger partial charge in [-0.05, 0) is 88.1 Å². The number of hydrogen-bond acceptors (Lipinski definition) is 5. The second-order valence-electron chi connectivity index (χ2n) is 7.97. The number of phenolic OH excluding ortho intramolecular Hbond substituents is 2. The minimum Gasteiger partial charge on any atom is -0.508 e. The first kappa shape index (κ1) is 23.6. The first-order chi connectivity index (χ1) is 15.2. The lowest BCUT2D eigenvalue weighted by Gasteiger charge is -2.28. The Morgan fingerprint density at radius 2 is 1.81 bits per heavy atom. The zero-order chi connectivity index (χ0) is 23.6. The summed E-state index contributed by atoms with van der Waals surface area (Å²) in [5.41, 5.74) is 7.01. The third-order valence-electron chi connectivity index (χ3n) is 6.09. The second-order valence-corrected chi connectivity index (χ2v) is 8.36. The van der Waals surface area contributed by atoms with Crippen molar-refractivity contribution in [2.45, 2.75) is 54.4 Å². The Morgan fingerprint density at radius 3 is 2.41 bits per heavy atom. The molecular weight excluding hydrogens is 420 g/mol. The summed E-state index contributed by atoms with van der Waals surface area (Å²) in [6.45, 7) is 13.6. The van der Waals surface area contributed by atoms with Crippen LogP contribution >= 0.6 is 12.2 Å². The fourth-order valence-electron chi connectivity index (χ4n) is 3.96. The van der Waals surface area contributed by atoms with Crippen molar-refractivity contribution < 1.29 is 10.2 Å². The zero-order valence-electron chi connectivity index (χ0n) is 19.7. The van der Waals surface area contributed by atoms with Gasteiger partial charge in [0.15, 0.2) is 10.6 Å². The summed E-state index contributed by atoms with van der Waals surface area (Å²) >= 11 is 5.52. The molecule has 32 heavy (non-hydrogen) atoms. The van der Waals surface area contributed by atoms with Crippen molar-refractivity contribution in [2.24, 2.45) is 0 Å². The summed E-state index contributed by atoms with van der Waals surface area (Å²) in [6.07, 6.45) is 1.65. The van der Waals surface area contributed by atoms with Gasteiger partial charge in [-0.2, -0.15) is 5.10 Å². The molecule has 3 N–H and O–H groups in total. The predicted octanol–water partition coefficient (Wildman–Crippen LogP) is 6.41. The molecule has 2 aromatic carbocycles. The number of H-pyrrole nitrogens is 1. The van der Waals surface area contributed by atoms with Crippen LogP contribution in [0.2, 0.25) is 0 Å². The van der Waals surface area contributed by atoms with Crippen molar-refractivity contribution in [1.82, 2.24) is 14.8 Å². The summed E-state index contributed by atoms with van der Waals surface area (Å²) < 4.78 is 2.25. The highest BCUT2D eigenvalue weighted by Gasteiger charge is 2.18. The molecule has 1 aromatic heterocycles. The van der Waals surface area contributed by atoms with Crippen LogP contribution in [0.15, 0.2) is 41.6 Å². The highest BCUT2D eigenvalue weighted by Crippen LogP contribution is 2.36. The molecule has 0 radical (unpaired) electrons. The molecule has 7 heteroatoms. The number of hydrogen-bond donors (Lipinski definition) is 3. The van der Waals surface area contributed by atoms with E-state index in [1.54, 1.807) is 6.07 Å². The smallest absolute Gasteiger partial charge is 0.200 e. The molecule has 0 bridgehead atoms. The average molecular weight is 453 g/mol. The maximum Gasteiger partial charge on any atom is 0.200 e. The van der Waals surface area contributed by atoms with Crippen LogP contribution in [0.3, 0.4) is 0 Å². The van der Waals surface area contributed by atoms with Crippen LogP contribution in [0.5, 0.6) is 11.5 Å². The molecule has 0 saturated carbocycles. The maximum atomic E-state index is 10.5. The van der Waals surface area contributed by atoms with Gasteiger partial charge in [0.25, 0.3) is 0 Å². The quantitative estimate of drug-likeness (QED) is 0.361. The van der Waals surface area contributed by atoms with E-state index in [2.05, 4.69) is 61.8 Å². The number of benzene rings is 2. The van der Waals surface area contributed by atoms with Gasteiger partial charge in [0.2, 0.25) is 0 Å². The summed E-state index contributed by atoms with van der Waals surface area (Å²) in [4.78, 5) is 2.33. The van der Waals surface area contributed by atoms with Crippen molar-refractivity contribution in [3.63, 3.8) is 0 Å². The van der Waals surface area contributed by atoms with E-state index < -0.39 is 0 Å². The number of aryl methyl sites for hydroxylation is 2. The van der Waals surface area contributed by atoms with Crippen molar-refractivity contribution in [3.05, 3.63) is 57.5 Å². The van der Waals surface area contributed by atoms with Crippen LogP contribution in [0.4, 0.5) is 5.69 Å². The fraction of sp³-hybridized carbons (Fsp3) is 0.360. The fourth-order valence-corrected chi connectivity index (χ4v) is 4.20. The lowest BCUT2D eigenvalue weighted by Crippen LogP contribution is -2.22. The molecule has 0 unspecified atom stereocenters. The highest BCUT2D eigenvalue weighted by atomic mass is 32.1. The maximum absolute atomic E-state index is 10.5. The lowest BCUT2D eigenvalue weighted by molar-refractivity contribution is 0.447. The van der Waals surface area contributed by atoms with Crippen molar-refractivity contribution in [2.75, 3.05) is 11.4 Å². The lowest BCUT2D eigenvalue weighted by atomic mass is 10.1. The first-order valence-electron chi connectivity index (χ1n) is 11.0. The molecule has 170 valence electrons. The van der Waals surface area contributed by atoms with Gasteiger partial charge in [-0.3, -0.25) is 9.67 Å². The highest BCUT2D eigenvalue weighted by molar-refractivity contribution is 7.71. The van der Waals surface area contributed by atoms with Gasteiger partial charge >= 0.3 is 0 Å². The standard InChI is InChI=1S/C25H32N4O2S/c1-7-15(4)17(6)28(9-3)21-11-10-19(12-16(21)5)29-24(26-27-25(29)32)20-13-18(8-2)22(30)14-23(20)31/h10-14,30-31H,7-9H2,1-6H3,(H,27,32). The number of phenols is 2. The van der Waals surface area contributed by atoms with E-state index in [0.29, 0.717) is 22.6 Å². The van der Waals surface area contributed by atoms with Gasteiger partial charge in [0.1, 0.15) is 11.5 Å². The molecular formula is C25H32N4O2S. The number of allylic oxidation sites excluding steroid dienone is 2. The van der Waals surface area contributed by atoms with E-state index in [-0.39, 0.29) is 11.5 Å². The average Bonchev–Trinajstić information content (AvgIpc) is 3.15. The van der Waals surface area contributed by atoms with Gasteiger partial charge in [0.05, 0.1) is 11.3 Å². The Labute approximate surface area is 194 Å². The van der Waals surface area contributed by atoms with Crippen molar-refractivity contribution >= 4 is 17.9 Å². The molecule has 0 saturated heterocycles. The van der Waals surface area contributed by atoms with Gasteiger partial charge in [-0.25, -0.2) is 0 Å². The molecule has 0 fully saturated rings. The third kappa shape index (κ3) is 4.30. The van der Waals surface area contributed by atoms with E-state index in [1.165, 1.54) is 17.3 Å². The van der Waals surface area contributed by atoms with Gasteiger partial charge in [-0.1, -0.05) is 19.4 Å². The molecule has 0 amide bonds. The van der Waals surface area contributed by atoms with Crippen LogP contribution in [0.1, 0.15) is 52.2 Å². The van der Waals surface area contributed by atoms with Gasteiger partial charge < -0.3 is 15.1 Å². The van der Waals surface area contributed by atoms with Crippen LogP contribution in [-0.4, -0.2) is 31.5 Å². The Morgan fingerprint density at radius 1 is 1.09 bits per heavy atom. The van der Waals surface area contributed by atoms with Crippen LogP contribution in [0, 0.1) is 11.7 Å². The molecule has 0 spiro atoms. The monoisotopic (exact) mass is 452 g/mol. The number of rotatable bonds is 7. The van der Waals surface area contributed by atoms with Crippen molar-refractivity contribution in [1.29, 1.82) is 0 Å². The minimum absolute atomic E-state index is 0.0451. The molecule has 0 aliphatic carbocycles. The molecule has 3 rings (SSSR count). The first-order valence-corrected chi connectivity index (χ1v) is 11.4. The summed E-state index contributed by atoms with van der Waals surface area (Å²) in [5.74, 6) is 0.524. The Kier molecular flexibility index (Phi) is 7.09. The molecule has 0 aliphatic rings. The normalized spacial score (nSPS) is 12.1. The SMILES string of the molecule is CCC(C)=C(C)N(CC)c1ccc(-n2c(-c3cc(CC)c(O)cc3O)n[nH]c2=S)cc1C. The van der Waals surface area contributed by atoms with Crippen molar-refractivity contribution in [3.8, 4) is 28.6 Å². The molecule has 0 aliphatic heterocycles. The van der Waals surface area contributed by atoms with Crippen LogP contribution in [-0.2, 0) is 6.42 Å². The predicted molar refractivity (Wildman–Crippen MR) is 133 cm³/mol.